The number of nitrogens with one attached hydrogen (secondary N) is 1. The predicted molar refractivity (Wildman–Crippen MR) is 79.1 cm³/mol. The summed E-state index contributed by atoms with van der Waals surface area (Å²) < 4.78 is 5.56. The quantitative estimate of drug-likeness (QED) is 0.939. The van der Waals surface area contributed by atoms with Gasteiger partial charge in [0.1, 0.15) is 0 Å². The van der Waals surface area contributed by atoms with Crippen LogP contribution in [0.1, 0.15) is 0 Å². The highest BCUT2D eigenvalue weighted by Gasteiger charge is 2.27. The molecule has 1 aromatic carbocycles. The molecule has 0 spiro atoms. The maximum Gasteiger partial charge on any atom is 0.257 e. The fourth-order valence-corrected chi connectivity index (χ4v) is 2.68. The highest BCUT2D eigenvalue weighted by atomic mass is 32.1. The number of carbonyl (C=O) groups excluding carboxylic acids is 1. The van der Waals surface area contributed by atoms with E-state index in [9.17, 15) is 4.79 Å². The molecule has 0 aliphatic carbocycles. The van der Waals surface area contributed by atoms with Crippen LogP contribution in [-0.4, -0.2) is 36.7 Å². The molecule has 1 N–H and O–H groups in total. The first kappa shape index (κ1) is 13.1. The Hall–Kier alpha value is -1.92. The second-order valence-electron chi connectivity index (χ2n) is 4.47. The van der Waals surface area contributed by atoms with Gasteiger partial charge in [0.2, 0.25) is 0 Å². The van der Waals surface area contributed by atoms with Crippen molar-refractivity contribution in [1.29, 1.82) is 0 Å². The van der Waals surface area contributed by atoms with Crippen LogP contribution < -0.4 is 10.2 Å². The number of benzene rings is 1. The molecule has 1 aliphatic rings. The molecule has 1 fully saturated rings. The summed E-state index contributed by atoms with van der Waals surface area (Å²) in [6.07, 6.45) is 1.20. The van der Waals surface area contributed by atoms with E-state index < -0.39 is 6.10 Å². The summed E-state index contributed by atoms with van der Waals surface area (Å²) in [6, 6.07) is 10.1. The molecule has 6 heteroatoms. The van der Waals surface area contributed by atoms with Gasteiger partial charge in [0, 0.05) is 23.8 Å². The van der Waals surface area contributed by atoms with Gasteiger partial charge in [-0.2, -0.15) is 0 Å². The van der Waals surface area contributed by atoms with Gasteiger partial charge in [-0.05, 0) is 12.1 Å². The third kappa shape index (κ3) is 2.97. The van der Waals surface area contributed by atoms with Crippen molar-refractivity contribution < 1.29 is 9.53 Å². The number of rotatable bonds is 3. The van der Waals surface area contributed by atoms with Gasteiger partial charge in [-0.3, -0.25) is 10.1 Å². The van der Waals surface area contributed by atoms with Crippen molar-refractivity contribution in [1.82, 2.24) is 4.98 Å². The van der Waals surface area contributed by atoms with E-state index in [1.807, 2.05) is 35.7 Å². The van der Waals surface area contributed by atoms with Crippen LogP contribution in [0, 0.1) is 0 Å². The van der Waals surface area contributed by atoms with E-state index in [1.165, 1.54) is 11.3 Å². The van der Waals surface area contributed by atoms with E-state index in [-0.39, 0.29) is 5.91 Å². The van der Waals surface area contributed by atoms with Crippen molar-refractivity contribution in [2.24, 2.45) is 0 Å². The maximum atomic E-state index is 12.1. The van der Waals surface area contributed by atoms with Gasteiger partial charge < -0.3 is 9.64 Å². The van der Waals surface area contributed by atoms with Crippen LogP contribution in [0.3, 0.4) is 0 Å². The topological polar surface area (TPSA) is 54.5 Å². The SMILES string of the molecule is O=C(Nc1nccs1)[C@@H]1CN(c2ccccc2)CCO1. The summed E-state index contributed by atoms with van der Waals surface area (Å²) in [6.45, 7) is 1.90. The summed E-state index contributed by atoms with van der Waals surface area (Å²) >= 11 is 1.40. The van der Waals surface area contributed by atoms with Gasteiger partial charge in [-0.15, -0.1) is 11.3 Å². The monoisotopic (exact) mass is 289 g/mol. The number of thiazole rings is 1. The fourth-order valence-electron chi connectivity index (χ4n) is 2.15. The molecule has 0 saturated carbocycles. The first-order chi connectivity index (χ1) is 9.83. The molecule has 104 valence electrons. The van der Waals surface area contributed by atoms with Crippen LogP contribution in [0.4, 0.5) is 10.8 Å². The number of nitrogens with zero attached hydrogens (tertiary/aromatic N) is 2. The van der Waals surface area contributed by atoms with Crippen molar-refractivity contribution in [2.75, 3.05) is 29.9 Å². The first-order valence-electron chi connectivity index (χ1n) is 6.45. The molecule has 5 nitrogen and oxygen atoms in total. The number of morpholine rings is 1. The minimum absolute atomic E-state index is 0.138. The highest BCUT2D eigenvalue weighted by molar-refractivity contribution is 7.13. The van der Waals surface area contributed by atoms with Crippen LogP contribution >= 0.6 is 11.3 Å². The number of carbonyl (C=O) groups is 1. The van der Waals surface area contributed by atoms with E-state index in [0.29, 0.717) is 18.3 Å². The Morgan fingerprint density at radius 3 is 3.00 bits per heavy atom. The van der Waals surface area contributed by atoms with E-state index >= 15 is 0 Å². The molecule has 20 heavy (non-hydrogen) atoms. The molecular formula is C14H15N3O2S. The van der Waals surface area contributed by atoms with Crippen LogP contribution in [0.25, 0.3) is 0 Å². The number of para-hydroxylation sites is 1. The van der Waals surface area contributed by atoms with E-state index in [1.54, 1.807) is 6.20 Å². The van der Waals surface area contributed by atoms with Crippen LogP contribution in [-0.2, 0) is 9.53 Å². The molecule has 1 aromatic heterocycles. The lowest BCUT2D eigenvalue weighted by Gasteiger charge is -2.33. The van der Waals surface area contributed by atoms with Crippen LogP contribution in [0.5, 0.6) is 0 Å². The average molecular weight is 289 g/mol. The molecule has 2 heterocycles. The van der Waals surface area contributed by atoms with Crippen molar-refractivity contribution in [2.45, 2.75) is 6.10 Å². The Morgan fingerprint density at radius 2 is 2.25 bits per heavy atom. The molecule has 0 unspecified atom stereocenters. The Bertz CT molecular complexity index is 559. The Morgan fingerprint density at radius 1 is 1.40 bits per heavy atom. The smallest absolute Gasteiger partial charge is 0.257 e. The van der Waals surface area contributed by atoms with Crippen molar-refractivity contribution >= 4 is 28.1 Å². The number of hydrogen-bond donors (Lipinski definition) is 1. The van der Waals surface area contributed by atoms with Gasteiger partial charge in [0.25, 0.3) is 5.91 Å². The molecule has 0 radical (unpaired) electrons. The number of hydrogen-bond acceptors (Lipinski definition) is 5. The maximum absolute atomic E-state index is 12.1. The molecule has 3 rings (SSSR count). The number of ether oxygens (including phenoxy) is 1. The lowest BCUT2D eigenvalue weighted by molar-refractivity contribution is -0.128. The van der Waals surface area contributed by atoms with Gasteiger partial charge in [-0.1, -0.05) is 18.2 Å². The fraction of sp³-hybridized carbons (Fsp3) is 0.286. The lowest BCUT2D eigenvalue weighted by atomic mass is 10.2. The second-order valence-corrected chi connectivity index (χ2v) is 5.36. The number of aromatic nitrogens is 1. The summed E-state index contributed by atoms with van der Waals surface area (Å²) in [5.74, 6) is -0.138. The first-order valence-corrected chi connectivity index (χ1v) is 7.33. The molecule has 0 bridgehead atoms. The standard InChI is InChI=1S/C14H15N3O2S/c18-13(16-14-15-6-9-20-14)12-10-17(7-8-19-12)11-4-2-1-3-5-11/h1-6,9,12H,7-8,10H2,(H,15,16,18)/t12-/m0/s1. The zero-order valence-corrected chi connectivity index (χ0v) is 11.7. The highest BCUT2D eigenvalue weighted by Crippen LogP contribution is 2.18. The normalized spacial score (nSPS) is 18.8. The lowest BCUT2D eigenvalue weighted by Crippen LogP contribution is -2.48. The predicted octanol–water partition coefficient (Wildman–Crippen LogP) is 1.99. The Labute approximate surface area is 121 Å². The van der Waals surface area contributed by atoms with E-state index in [0.717, 1.165) is 12.2 Å². The zero-order valence-electron chi connectivity index (χ0n) is 10.9. The molecule has 1 atom stereocenters. The molecule has 1 amide bonds. The van der Waals surface area contributed by atoms with Gasteiger partial charge >= 0.3 is 0 Å². The Balaban J connectivity index is 1.64. The third-order valence-corrected chi connectivity index (χ3v) is 3.83. The average Bonchev–Trinajstić information content (AvgIpc) is 3.01. The zero-order chi connectivity index (χ0) is 13.8. The Kier molecular flexibility index (Phi) is 3.94. The molecule has 1 aliphatic heterocycles. The van der Waals surface area contributed by atoms with E-state index in [2.05, 4.69) is 15.2 Å². The summed E-state index contributed by atoms with van der Waals surface area (Å²) in [5, 5.41) is 5.21. The van der Waals surface area contributed by atoms with Crippen molar-refractivity contribution in [3.8, 4) is 0 Å². The van der Waals surface area contributed by atoms with Gasteiger partial charge in [0.15, 0.2) is 11.2 Å². The summed E-state index contributed by atoms with van der Waals surface area (Å²) in [7, 11) is 0. The van der Waals surface area contributed by atoms with Crippen LogP contribution in [0.2, 0.25) is 0 Å². The van der Waals surface area contributed by atoms with Crippen molar-refractivity contribution in [3.05, 3.63) is 41.9 Å². The third-order valence-electron chi connectivity index (χ3n) is 3.14. The summed E-state index contributed by atoms with van der Waals surface area (Å²) in [5.41, 5.74) is 1.11. The minimum atomic E-state index is -0.465. The number of amides is 1. The van der Waals surface area contributed by atoms with Crippen LogP contribution in [0.15, 0.2) is 41.9 Å². The minimum Gasteiger partial charge on any atom is -0.366 e. The molecule has 2 aromatic rings. The van der Waals surface area contributed by atoms with Crippen molar-refractivity contribution in [3.63, 3.8) is 0 Å². The largest absolute Gasteiger partial charge is 0.366 e. The van der Waals surface area contributed by atoms with Gasteiger partial charge in [-0.25, -0.2) is 4.98 Å². The molecular weight excluding hydrogens is 274 g/mol. The number of anilines is 2. The second kappa shape index (κ2) is 6.02. The summed E-state index contributed by atoms with van der Waals surface area (Å²) in [4.78, 5) is 18.4. The van der Waals surface area contributed by atoms with E-state index in [4.69, 9.17) is 4.74 Å². The molecule has 1 saturated heterocycles. The van der Waals surface area contributed by atoms with Gasteiger partial charge in [0.05, 0.1) is 13.2 Å².